The Bertz CT molecular complexity index is 797. The SMILES string of the molecule is Cc1cc(C)c(NC(=O)C[NH+](C)CC(=O)Nc2ccccc2F)c(C)c1. The van der Waals surface area contributed by atoms with Crippen molar-refractivity contribution in [3.05, 3.63) is 58.9 Å². The number of amides is 2. The van der Waals surface area contributed by atoms with Gasteiger partial charge in [0, 0.05) is 5.69 Å². The zero-order valence-corrected chi connectivity index (χ0v) is 15.6. The molecule has 6 heteroatoms. The monoisotopic (exact) mass is 358 g/mol. The third-order valence-electron chi connectivity index (χ3n) is 4.01. The van der Waals surface area contributed by atoms with Crippen LogP contribution in [0.25, 0.3) is 0 Å². The fraction of sp³-hybridized carbons (Fsp3) is 0.300. The number of aryl methyl sites for hydroxylation is 3. The van der Waals surface area contributed by atoms with Gasteiger partial charge < -0.3 is 15.5 Å². The van der Waals surface area contributed by atoms with Gasteiger partial charge >= 0.3 is 0 Å². The number of carbonyl (C=O) groups excluding carboxylic acids is 2. The molecule has 0 heterocycles. The third-order valence-corrected chi connectivity index (χ3v) is 4.01. The zero-order chi connectivity index (χ0) is 19.3. The van der Waals surface area contributed by atoms with Gasteiger partial charge in [-0.2, -0.15) is 0 Å². The number of likely N-dealkylation sites (N-methyl/N-ethyl adjacent to an activating group) is 1. The van der Waals surface area contributed by atoms with Crippen molar-refractivity contribution in [3.8, 4) is 0 Å². The minimum absolute atomic E-state index is 0.0631. The molecule has 0 saturated heterocycles. The van der Waals surface area contributed by atoms with Crippen LogP contribution in [0.15, 0.2) is 36.4 Å². The van der Waals surface area contributed by atoms with Crippen LogP contribution < -0.4 is 15.5 Å². The molecule has 3 N–H and O–H groups in total. The molecule has 1 unspecified atom stereocenters. The standard InChI is InChI=1S/C20H24FN3O2/c1-13-9-14(2)20(15(3)10-13)23-19(26)12-24(4)11-18(25)22-17-8-6-5-7-16(17)21/h5-10H,11-12H2,1-4H3,(H,22,25)(H,23,26)/p+1. The van der Waals surface area contributed by atoms with E-state index < -0.39 is 5.82 Å². The van der Waals surface area contributed by atoms with Crippen molar-refractivity contribution in [2.45, 2.75) is 20.8 Å². The lowest BCUT2D eigenvalue weighted by Gasteiger charge is -2.16. The van der Waals surface area contributed by atoms with Crippen molar-refractivity contribution in [2.24, 2.45) is 0 Å². The number of hydrogen-bond donors (Lipinski definition) is 3. The van der Waals surface area contributed by atoms with Crippen LogP contribution in [-0.2, 0) is 9.59 Å². The highest BCUT2D eigenvalue weighted by Crippen LogP contribution is 2.21. The molecule has 0 aliphatic rings. The van der Waals surface area contributed by atoms with Crippen molar-refractivity contribution in [1.82, 2.24) is 0 Å². The first-order valence-electron chi connectivity index (χ1n) is 8.49. The van der Waals surface area contributed by atoms with Crippen LogP contribution in [0, 0.1) is 26.6 Å². The second-order valence-electron chi connectivity index (χ2n) is 6.66. The van der Waals surface area contributed by atoms with Crippen molar-refractivity contribution in [3.63, 3.8) is 0 Å². The second kappa shape index (κ2) is 8.58. The molecule has 0 saturated carbocycles. The van der Waals surface area contributed by atoms with Gasteiger partial charge in [0.05, 0.1) is 12.7 Å². The minimum Gasteiger partial charge on any atom is -0.322 e. The Kier molecular flexibility index (Phi) is 6.46. The Morgan fingerprint density at radius 1 is 0.962 bits per heavy atom. The molecule has 0 fully saturated rings. The van der Waals surface area contributed by atoms with Gasteiger partial charge in [0.2, 0.25) is 0 Å². The van der Waals surface area contributed by atoms with Gasteiger partial charge in [-0.3, -0.25) is 9.59 Å². The molecule has 2 aromatic carbocycles. The molecule has 0 aliphatic carbocycles. The normalized spacial score (nSPS) is 11.7. The van der Waals surface area contributed by atoms with E-state index in [4.69, 9.17) is 0 Å². The molecule has 0 bridgehead atoms. The highest BCUT2D eigenvalue weighted by Gasteiger charge is 2.16. The van der Waals surface area contributed by atoms with E-state index in [9.17, 15) is 14.0 Å². The van der Waals surface area contributed by atoms with E-state index in [1.165, 1.54) is 12.1 Å². The summed E-state index contributed by atoms with van der Waals surface area (Å²) in [5.41, 5.74) is 4.10. The number of halogens is 1. The van der Waals surface area contributed by atoms with Crippen LogP contribution in [0.3, 0.4) is 0 Å². The maximum absolute atomic E-state index is 13.6. The molecule has 0 aromatic heterocycles. The summed E-state index contributed by atoms with van der Waals surface area (Å²) >= 11 is 0. The molecule has 26 heavy (non-hydrogen) atoms. The molecule has 2 aromatic rings. The molecule has 0 radical (unpaired) electrons. The number of hydrogen-bond acceptors (Lipinski definition) is 2. The first-order valence-corrected chi connectivity index (χ1v) is 8.49. The molecular weight excluding hydrogens is 333 g/mol. The van der Waals surface area contributed by atoms with Crippen LogP contribution in [0.1, 0.15) is 16.7 Å². The fourth-order valence-corrected chi connectivity index (χ4v) is 2.93. The highest BCUT2D eigenvalue weighted by atomic mass is 19.1. The van der Waals surface area contributed by atoms with Gasteiger partial charge in [0.15, 0.2) is 13.1 Å². The Hall–Kier alpha value is -2.73. The van der Waals surface area contributed by atoms with E-state index in [-0.39, 0.29) is 30.6 Å². The molecule has 138 valence electrons. The Morgan fingerprint density at radius 2 is 1.50 bits per heavy atom. The average molecular weight is 358 g/mol. The van der Waals surface area contributed by atoms with Crippen molar-refractivity contribution in [2.75, 3.05) is 30.8 Å². The van der Waals surface area contributed by atoms with Gasteiger partial charge in [-0.1, -0.05) is 29.8 Å². The van der Waals surface area contributed by atoms with Crippen LogP contribution in [0.4, 0.5) is 15.8 Å². The lowest BCUT2D eigenvalue weighted by molar-refractivity contribution is -0.862. The minimum atomic E-state index is -0.485. The molecule has 1 atom stereocenters. The average Bonchev–Trinajstić information content (AvgIpc) is 2.52. The van der Waals surface area contributed by atoms with Crippen LogP contribution in [-0.4, -0.2) is 32.0 Å². The molecule has 5 nitrogen and oxygen atoms in total. The number of rotatable bonds is 6. The van der Waals surface area contributed by atoms with Gasteiger partial charge in [-0.05, 0) is 44.0 Å². The van der Waals surface area contributed by atoms with Crippen LogP contribution >= 0.6 is 0 Å². The van der Waals surface area contributed by atoms with Crippen LogP contribution in [0.5, 0.6) is 0 Å². The van der Waals surface area contributed by atoms with Gasteiger partial charge in [-0.15, -0.1) is 0 Å². The quantitative estimate of drug-likeness (QED) is 0.738. The maximum atomic E-state index is 13.6. The van der Waals surface area contributed by atoms with Crippen molar-refractivity contribution < 1.29 is 18.9 Å². The summed E-state index contributed by atoms with van der Waals surface area (Å²) in [6.07, 6.45) is 0. The predicted octanol–water partition coefficient (Wildman–Crippen LogP) is 1.84. The first-order chi connectivity index (χ1) is 12.3. The number of quaternary nitrogens is 1. The van der Waals surface area contributed by atoms with E-state index in [1.54, 1.807) is 19.2 Å². The van der Waals surface area contributed by atoms with Crippen molar-refractivity contribution in [1.29, 1.82) is 0 Å². The smallest absolute Gasteiger partial charge is 0.279 e. The second-order valence-corrected chi connectivity index (χ2v) is 6.66. The summed E-state index contributed by atoms with van der Waals surface area (Å²) in [5, 5.41) is 5.44. The molecule has 0 aliphatic heterocycles. The topological polar surface area (TPSA) is 62.6 Å². The van der Waals surface area contributed by atoms with Gasteiger partial charge in [-0.25, -0.2) is 4.39 Å². The predicted molar refractivity (Wildman–Crippen MR) is 101 cm³/mol. The lowest BCUT2D eigenvalue weighted by Crippen LogP contribution is -3.11. The summed E-state index contributed by atoms with van der Waals surface area (Å²) in [5.74, 6) is -0.999. The van der Waals surface area contributed by atoms with E-state index in [1.807, 2.05) is 32.9 Å². The van der Waals surface area contributed by atoms with E-state index in [2.05, 4.69) is 10.6 Å². The summed E-state index contributed by atoms with van der Waals surface area (Å²) in [6, 6.07) is 10.0. The number of benzene rings is 2. The number of para-hydroxylation sites is 1. The molecular formula is C20H25FN3O2+. The van der Waals surface area contributed by atoms with Crippen LogP contribution in [0.2, 0.25) is 0 Å². The third kappa shape index (κ3) is 5.39. The summed E-state index contributed by atoms with van der Waals surface area (Å²) in [4.78, 5) is 25.0. The fourth-order valence-electron chi connectivity index (χ4n) is 2.93. The first kappa shape index (κ1) is 19.6. The largest absolute Gasteiger partial charge is 0.322 e. The summed E-state index contributed by atoms with van der Waals surface area (Å²) < 4.78 is 13.6. The number of anilines is 2. The number of carbonyl (C=O) groups is 2. The highest BCUT2D eigenvalue weighted by molar-refractivity contribution is 5.94. The van der Waals surface area contributed by atoms with Crippen molar-refractivity contribution >= 4 is 23.2 Å². The Balaban J connectivity index is 1.89. The number of nitrogens with one attached hydrogen (secondary N) is 3. The van der Waals surface area contributed by atoms with E-state index >= 15 is 0 Å². The Labute approximate surface area is 153 Å². The van der Waals surface area contributed by atoms with E-state index in [0.29, 0.717) is 4.90 Å². The molecule has 0 spiro atoms. The molecule has 2 amide bonds. The summed E-state index contributed by atoms with van der Waals surface area (Å²) in [6.45, 7) is 6.12. The summed E-state index contributed by atoms with van der Waals surface area (Å²) in [7, 11) is 1.75. The van der Waals surface area contributed by atoms with Gasteiger partial charge in [0.25, 0.3) is 11.8 Å². The maximum Gasteiger partial charge on any atom is 0.279 e. The van der Waals surface area contributed by atoms with Gasteiger partial charge in [0.1, 0.15) is 5.82 Å². The van der Waals surface area contributed by atoms with E-state index in [0.717, 1.165) is 22.4 Å². The zero-order valence-electron chi connectivity index (χ0n) is 15.6. The lowest BCUT2D eigenvalue weighted by atomic mass is 10.1. The molecule has 2 rings (SSSR count). The Morgan fingerprint density at radius 3 is 2.08 bits per heavy atom.